The number of halogens is 1. The van der Waals surface area contributed by atoms with E-state index in [9.17, 15) is 9.18 Å². The molecule has 2 aliphatic heterocycles. The number of carbonyl (C=O) groups excluding carboxylic acids is 1. The second-order valence-electron chi connectivity index (χ2n) is 5.60. The van der Waals surface area contributed by atoms with Crippen molar-refractivity contribution in [1.82, 2.24) is 9.80 Å². The third kappa shape index (κ3) is 2.69. The van der Waals surface area contributed by atoms with Crippen molar-refractivity contribution >= 4 is 18.5 Å². The minimum absolute atomic E-state index is 0.0120. The van der Waals surface area contributed by atoms with E-state index in [4.69, 9.17) is 0 Å². The maximum absolute atomic E-state index is 13.2. The topological polar surface area (TPSA) is 23.6 Å². The van der Waals surface area contributed by atoms with E-state index in [0.29, 0.717) is 11.6 Å². The van der Waals surface area contributed by atoms with Gasteiger partial charge in [0, 0.05) is 29.6 Å². The third-order valence-electron chi connectivity index (χ3n) is 4.30. The third-order valence-corrected chi connectivity index (χ3v) is 4.64. The molecule has 0 saturated carbocycles. The molecule has 1 amide bonds. The monoisotopic (exact) mass is 294 g/mol. The quantitative estimate of drug-likeness (QED) is 0.847. The van der Waals surface area contributed by atoms with E-state index >= 15 is 0 Å². The average molecular weight is 294 g/mol. The largest absolute Gasteiger partial charge is 0.337 e. The highest BCUT2D eigenvalue weighted by atomic mass is 32.1. The van der Waals surface area contributed by atoms with Crippen LogP contribution in [0.15, 0.2) is 23.1 Å². The van der Waals surface area contributed by atoms with Crippen LogP contribution in [0.3, 0.4) is 0 Å². The Hall–Kier alpha value is -1.07. The van der Waals surface area contributed by atoms with E-state index in [2.05, 4.69) is 17.5 Å². The maximum atomic E-state index is 13.2. The molecule has 1 aromatic carbocycles. The van der Waals surface area contributed by atoms with Gasteiger partial charge in [0.15, 0.2) is 0 Å². The van der Waals surface area contributed by atoms with Crippen LogP contribution in [0, 0.1) is 5.82 Å². The van der Waals surface area contributed by atoms with Crippen molar-refractivity contribution in [2.75, 3.05) is 26.2 Å². The van der Waals surface area contributed by atoms with Crippen molar-refractivity contribution in [2.45, 2.75) is 30.2 Å². The fraction of sp³-hybridized carbons (Fsp3) is 0.533. The molecule has 1 aromatic rings. The molecule has 20 heavy (non-hydrogen) atoms. The van der Waals surface area contributed by atoms with Crippen LogP contribution < -0.4 is 0 Å². The molecule has 1 unspecified atom stereocenters. The zero-order chi connectivity index (χ0) is 14.1. The molecule has 0 N–H and O–H groups in total. The Morgan fingerprint density at radius 1 is 1.25 bits per heavy atom. The van der Waals surface area contributed by atoms with E-state index in [1.807, 2.05) is 4.90 Å². The van der Waals surface area contributed by atoms with Crippen LogP contribution in [0.1, 0.15) is 29.6 Å². The second-order valence-corrected chi connectivity index (χ2v) is 6.08. The minimum Gasteiger partial charge on any atom is -0.337 e. The molecule has 3 nitrogen and oxygen atoms in total. The number of benzene rings is 1. The Labute approximate surface area is 124 Å². The summed E-state index contributed by atoms with van der Waals surface area (Å²) < 4.78 is 13.2. The fourth-order valence-electron chi connectivity index (χ4n) is 3.16. The van der Waals surface area contributed by atoms with E-state index in [-0.39, 0.29) is 16.6 Å². The molecule has 2 fully saturated rings. The zero-order valence-electron chi connectivity index (χ0n) is 11.4. The molecule has 0 spiro atoms. The highest BCUT2D eigenvalue weighted by molar-refractivity contribution is 7.80. The first kappa shape index (κ1) is 13.9. The first-order chi connectivity index (χ1) is 9.65. The number of nitrogens with zero attached hydrogens (tertiary/aromatic N) is 2. The maximum Gasteiger partial charge on any atom is 0.253 e. The Kier molecular flexibility index (Phi) is 3.98. The van der Waals surface area contributed by atoms with Crippen LogP contribution in [0.5, 0.6) is 0 Å². The SMILES string of the molecule is O=C(c1ccc(F)c(S)c1)N1CCC(N2CCCC2)C1. The van der Waals surface area contributed by atoms with Crippen molar-refractivity contribution in [3.63, 3.8) is 0 Å². The summed E-state index contributed by atoms with van der Waals surface area (Å²) in [5, 5.41) is 0. The van der Waals surface area contributed by atoms with Gasteiger partial charge in [0.1, 0.15) is 5.82 Å². The van der Waals surface area contributed by atoms with Crippen molar-refractivity contribution < 1.29 is 9.18 Å². The summed E-state index contributed by atoms with van der Waals surface area (Å²) in [6.07, 6.45) is 3.58. The van der Waals surface area contributed by atoms with Crippen molar-refractivity contribution in [3.8, 4) is 0 Å². The fourth-order valence-corrected chi connectivity index (χ4v) is 3.37. The van der Waals surface area contributed by atoms with Gasteiger partial charge in [0.2, 0.25) is 0 Å². The highest BCUT2D eigenvalue weighted by Crippen LogP contribution is 2.23. The standard InChI is InChI=1S/C15H19FN2OS/c16-13-4-3-11(9-14(13)20)15(19)18-8-5-12(10-18)17-6-1-2-7-17/h3-4,9,12,20H,1-2,5-8,10H2. The number of hydrogen-bond donors (Lipinski definition) is 1. The van der Waals surface area contributed by atoms with Crippen LogP contribution in [-0.4, -0.2) is 47.9 Å². The Balaban J connectivity index is 1.67. The predicted octanol–water partition coefficient (Wildman–Crippen LogP) is 2.42. The summed E-state index contributed by atoms with van der Waals surface area (Å²) in [6, 6.07) is 4.87. The van der Waals surface area contributed by atoms with Gasteiger partial charge in [-0.05, 0) is 50.6 Å². The Bertz CT molecular complexity index is 517. The first-order valence-corrected chi connectivity index (χ1v) is 7.62. The molecule has 2 saturated heterocycles. The summed E-state index contributed by atoms with van der Waals surface area (Å²) in [5.41, 5.74) is 0.526. The molecule has 1 atom stereocenters. The molecule has 0 bridgehead atoms. The average Bonchev–Trinajstić information content (AvgIpc) is 3.11. The molecule has 108 valence electrons. The minimum atomic E-state index is -0.388. The van der Waals surface area contributed by atoms with Crippen LogP contribution in [0.25, 0.3) is 0 Å². The zero-order valence-corrected chi connectivity index (χ0v) is 12.3. The lowest BCUT2D eigenvalue weighted by atomic mass is 10.2. The number of rotatable bonds is 2. The molecule has 0 aliphatic carbocycles. The normalized spacial score (nSPS) is 23.5. The van der Waals surface area contributed by atoms with Crippen LogP contribution in [-0.2, 0) is 0 Å². The van der Waals surface area contributed by atoms with Crippen molar-refractivity contribution in [1.29, 1.82) is 0 Å². The highest BCUT2D eigenvalue weighted by Gasteiger charge is 2.31. The van der Waals surface area contributed by atoms with Crippen LogP contribution in [0.2, 0.25) is 0 Å². The predicted molar refractivity (Wildman–Crippen MR) is 78.8 cm³/mol. The van der Waals surface area contributed by atoms with Crippen molar-refractivity contribution in [3.05, 3.63) is 29.6 Å². The Morgan fingerprint density at radius 3 is 2.70 bits per heavy atom. The number of likely N-dealkylation sites (tertiary alicyclic amines) is 2. The summed E-state index contributed by atoms with van der Waals surface area (Å²) in [5.74, 6) is -0.400. The van der Waals surface area contributed by atoms with Crippen LogP contribution in [0.4, 0.5) is 4.39 Å². The van der Waals surface area contributed by atoms with Gasteiger partial charge < -0.3 is 4.90 Å². The molecule has 0 radical (unpaired) electrons. The lowest BCUT2D eigenvalue weighted by Crippen LogP contribution is -2.37. The first-order valence-electron chi connectivity index (χ1n) is 7.17. The molecule has 2 aliphatic rings. The van der Waals surface area contributed by atoms with Gasteiger partial charge in [-0.2, -0.15) is 0 Å². The van der Waals surface area contributed by atoms with E-state index < -0.39 is 0 Å². The number of carbonyl (C=O) groups is 1. The molecule has 2 heterocycles. The lowest BCUT2D eigenvalue weighted by molar-refractivity contribution is 0.0779. The van der Waals surface area contributed by atoms with E-state index in [1.54, 1.807) is 6.07 Å². The number of hydrogen-bond acceptors (Lipinski definition) is 3. The summed E-state index contributed by atoms with van der Waals surface area (Å²) >= 11 is 4.04. The molecule has 0 aromatic heterocycles. The van der Waals surface area contributed by atoms with E-state index in [0.717, 1.165) is 32.6 Å². The van der Waals surface area contributed by atoms with Gasteiger partial charge in [-0.3, -0.25) is 9.69 Å². The van der Waals surface area contributed by atoms with Gasteiger partial charge in [-0.25, -0.2) is 4.39 Å². The Morgan fingerprint density at radius 2 is 2.00 bits per heavy atom. The number of thiol groups is 1. The number of amides is 1. The van der Waals surface area contributed by atoms with Crippen molar-refractivity contribution in [2.24, 2.45) is 0 Å². The summed E-state index contributed by atoms with van der Waals surface area (Å²) in [6.45, 7) is 3.89. The second kappa shape index (κ2) is 5.74. The summed E-state index contributed by atoms with van der Waals surface area (Å²) in [4.78, 5) is 17.0. The molecule has 5 heteroatoms. The van der Waals surface area contributed by atoms with Gasteiger partial charge in [-0.15, -0.1) is 12.6 Å². The molecular formula is C15H19FN2OS. The van der Waals surface area contributed by atoms with Gasteiger partial charge >= 0.3 is 0 Å². The lowest BCUT2D eigenvalue weighted by Gasteiger charge is -2.23. The van der Waals surface area contributed by atoms with Gasteiger partial charge in [-0.1, -0.05) is 0 Å². The van der Waals surface area contributed by atoms with Gasteiger partial charge in [0.25, 0.3) is 5.91 Å². The molecular weight excluding hydrogens is 275 g/mol. The smallest absolute Gasteiger partial charge is 0.253 e. The van der Waals surface area contributed by atoms with Crippen LogP contribution >= 0.6 is 12.6 Å². The van der Waals surface area contributed by atoms with E-state index in [1.165, 1.54) is 25.0 Å². The summed E-state index contributed by atoms with van der Waals surface area (Å²) in [7, 11) is 0. The molecule has 3 rings (SSSR count). The van der Waals surface area contributed by atoms with Gasteiger partial charge in [0.05, 0.1) is 0 Å².